The number of nitrogens with one attached hydrogen (secondary N) is 1. The normalized spacial score (nSPS) is 14.4. The van der Waals surface area contributed by atoms with E-state index in [-0.39, 0.29) is 11.4 Å². The van der Waals surface area contributed by atoms with Gasteiger partial charge in [-0.15, -0.1) is 0 Å². The lowest BCUT2D eigenvalue weighted by molar-refractivity contribution is -0.119. The monoisotopic (exact) mass is 262 g/mol. The number of nitrogens with two attached hydrogens (primary N) is 1. The molecular formula is C16H26N2O. The van der Waals surface area contributed by atoms with Crippen LogP contribution < -0.4 is 11.1 Å². The summed E-state index contributed by atoms with van der Waals surface area (Å²) in [6, 6.07) is 8.46. The van der Waals surface area contributed by atoms with Crippen LogP contribution in [-0.2, 0) is 10.3 Å². The third kappa shape index (κ3) is 4.35. The van der Waals surface area contributed by atoms with Crippen LogP contribution in [0.3, 0.4) is 0 Å². The molecule has 3 nitrogen and oxygen atoms in total. The number of amides is 1. The lowest BCUT2D eigenvalue weighted by Crippen LogP contribution is -2.43. The van der Waals surface area contributed by atoms with Crippen LogP contribution in [0.25, 0.3) is 0 Å². The molecule has 1 atom stereocenters. The molecule has 19 heavy (non-hydrogen) atoms. The molecule has 1 amide bonds. The van der Waals surface area contributed by atoms with Crippen molar-refractivity contribution in [2.75, 3.05) is 6.54 Å². The van der Waals surface area contributed by atoms with Crippen molar-refractivity contribution in [1.29, 1.82) is 0 Å². The maximum Gasteiger partial charge on any atom is 0.219 e. The molecule has 1 unspecified atom stereocenters. The molecule has 1 aromatic rings. The highest BCUT2D eigenvalue weighted by atomic mass is 16.1. The van der Waals surface area contributed by atoms with Crippen LogP contribution in [-0.4, -0.2) is 12.5 Å². The molecule has 0 saturated carbocycles. The van der Waals surface area contributed by atoms with Crippen molar-refractivity contribution < 1.29 is 4.79 Å². The van der Waals surface area contributed by atoms with E-state index >= 15 is 0 Å². The summed E-state index contributed by atoms with van der Waals surface area (Å²) in [7, 11) is 0. The van der Waals surface area contributed by atoms with Crippen LogP contribution in [0, 0.1) is 0 Å². The smallest absolute Gasteiger partial charge is 0.219 e. The Balaban J connectivity index is 2.99. The van der Waals surface area contributed by atoms with E-state index in [1.807, 2.05) is 6.92 Å². The standard InChI is InChI=1S/C16H26N2O/c1-5-10-18-16(4,11-15(17)19)14-8-6-13(7-9-14)12(2)3/h6-9,12,18H,5,10-11H2,1-4H3,(H2,17,19). The number of rotatable bonds is 7. The van der Waals surface area contributed by atoms with E-state index in [4.69, 9.17) is 5.73 Å². The first-order valence-electron chi connectivity index (χ1n) is 7.03. The molecule has 106 valence electrons. The zero-order valence-electron chi connectivity index (χ0n) is 12.5. The van der Waals surface area contributed by atoms with Gasteiger partial charge in [0.1, 0.15) is 0 Å². The largest absolute Gasteiger partial charge is 0.370 e. The summed E-state index contributed by atoms with van der Waals surface area (Å²) >= 11 is 0. The van der Waals surface area contributed by atoms with Crippen molar-refractivity contribution in [3.05, 3.63) is 35.4 Å². The van der Waals surface area contributed by atoms with Gasteiger partial charge in [0, 0.05) is 12.0 Å². The SMILES string of the molecule is CCCNC(C)(CC(N)=O)c1ccc(C(C)C)cc1. The quantitative estimate of drug-likeness (QED) is 0.794. The first kappa shape index (κ1) is 15.7. The van der Waals surface area contributed by atoms with Gasteiger partial charge < -0.3 is 11.1 Å². The van der Waals surface area contributed by atoms with Gasteiger partial charge >= 0.3 is 0 Å². The van der Waals surface area contributed by atoms with Crippen LogP contribution in [0.15, 0.2) is 24.3 Å². The van der Waals surface area contributed by atoms with Gasteiger partial charge in [0.25, 0.3) is 0 Å². The second kappa shape index (κ2) is 6.71. The molecular weight excluding hydrogens is 236 g/mol. The van der Waals surface area contributed by atoms with Crippen LogP contribution >= 0.6 is 0 Å². The van der Waals surface area contributed by atoms with E-state index < -0.39 is 0 Å². The highest BCUT2D eigenvalue weighted by molar-refractivity contribution is 5.75. The minimum Gasteiger partial charge on any atom is -0.370 e. The van der Waals surface area contributed by atoms with Gasteiger partial charge in [0.15, 0.2) is 0 Å². The van der Waals surface area contributed by atoms with Crippen LogP contribution in [0.5, 0.6) is 0 Å². The van der Waals surface area contributed by atoms with Crippen molar-refractivity contribution in [1.82, 2.24) is 5.32 Å². The number of primary amides is 1. The predicted molar refractivity (Wildman–Crippen MR) is 80.0 cm³/mol. The van der Waals surface area contributed by atoms with Crippen molar-refractivity contribution >= 4 is 5.91 Å². The molecule has 3 N–H and O–H groups in total. The summed E-state index contributed by atoms with van der Waals surface area (Å²) in [6.45, 7) is 9.37. The van der Waals surface area contributed by atoms with Crippen LogP contribution in [0.1, 0.15) is 57.6 Å². The Morgan fingerprint density at radius 1 is 1.32 bits per heavy atom. The number of benzene rings is 1. The molecule has 0 radical (unpaired) electrons. The fourth-order valence-electron chi connectivity index (χ4n) is 2.25. The Bertz CT molecular complexity index is 411. The first-order chi connectivity index (χ1) is 8.89. The molecule has 0 saturated heterocycles. The average Bonchev–Trinajstić information content (AvgIpc) is 2.35. The minimum atomic E-state index is -0.378. The van der Waals surface area contributed by atoms with Crippen molar-refractivity contribution in [2.45, 2.75) is 52.0 Å². The summed E-state index contributed by atoms with van der Waals surface area (Å²) in [5.74, 6) is 0.235. The maximum absolute atomic E-state index is 11.3. The molecule has 0 aliphatic rings. The number of carbonyl (C=O) groups excluding carboxylic acids is 1. The molecule has 0 heterocycles. The Hall–Kier alpha value is -1.35. The summed E-state index contributed by atoms with van der Waals surface area (Å²) in [5, 5.41) is 3.44. The predicted octanol–water partition coefficient (Wildman–Crippen LogP) is 2.90. The van der Waals surface area contributed by atoms with Gasteiger partial charge in [-0.2, -0.15) is 0 Å². The van der Waals surface area contributed by atoms with Crippen LogP contribution in [0.4, 0.5) is 0 Å². The van der Waals surface area contributed by atoms with Gasteiger partial charge in [0.2, 0.25) is 5.91 Å². The Labute approximate surface area is 116 Å². The summed E-state index contributed by atoms with van der Waals surface area (Å²) in [5.41, 5.74) is 7.43. The molecule has 1 aromatic carbocycles. The van der Waals surface area contributed by atoms with E-state index in [2.05, 4.69) is 50.4 Å². The molecule has 0 aromatic heterocycles. The van der Waals surface area contributed by atoms with Gasteiger partial charge in [0.05, 0.1) is 0 Å². The number of carbonyl (C=O) groups is 1. The number of hydrogen-bond donors (Lipinski definition) is 2. The highest BCUT2D eigenvalue weighted by Crippen LogP contribution is 2.26. The van der Waals surface area contributed by atoms with E-state index in [1.54, 1.807) is 0 Å². The van der Waals surface area contributed by atoms with Crippen molar-refractivity contribution in [2.24, 2.45) is 5.73 Å². The van der Waals surface area contributed by atoms with Gasteiger partial charge in [-0.25, -0.2) is 0 Å². The van der Waals surface area contributed by atoms with Crippen molar-refractivity contribution in [3.8, 4) is 0 Å². The second-order valence-corrected chi connectivity index (χ2v) is 5.68. The van der Waals surface area contributed by atoms with Gasteiger partial charge in [-0.1, -0.05) is 45.0 Å². The van der Waals surface area contributed by atoms with E-state index in [0.29, 0.717) is 12.3 Å². The molecule has 1 rings (SSSR count). The molecule has 0 aliphatic heterocycles. The summed E-state index contributed by atoms with van der Waals surface area (Å²) in [6.07, 6.45) is 1.34. The maximum atomic E-state index is 11.3. The third-order valence-electron chi connectivity index (χ3n) is 3.51. The first-order valence-corrected chi connectivity index (χ1v) is 7.03. The molecule has 0 spiro atoms. The number of hydrogen-bond acceptors (Lipinski definition) is 2. The minimum absolute atomic E-state index is 0.279. The fraction of sp³-hybridized carbons (Fsp3) is 0.562. The molecule has 0 bridgehead atoms. The van der Waals surface area contributed by atoms with E-state index in [9.17, 15) is 4.79 Å². The average molecular weight is 262 g/mol. The molecule has 3 heteroatoms. The van der Waals surface area contributed by atoms with Crippen LogP contribution in [0.2, 0.25) is 0 Å². The Kier molecular flexibility index (Phi) is 5.55. The second-order valence-electron chi connectivity index (χ2n) is 5.68. The highest BCUT2D eigenvalue weighted by Gasteiger charge is 2.27. The van der Waals surface area contributed by atoms with E-state index in [0.717, 1.165) is 18.5 Å². The van der Waals surface area contributed by atoms with E-state index in [1.165, 1.54) is 5.56 Å². The summed E-state index contributed by atoms with van der Waals surface area (Å²) in [4.78, 5) is 11.3. The topological polar surface area (TPSA) is 55.1 Å². The van der Waals surface area contributed by atoms with Crippen molar-refractivity contribution in [3.63, 3.8) is 0 Å². The fourth-order valence-corrected chi connectivity index (χ4v) is 2.25. The lowest BCUT2D eigenvalue weighted by atomic mass is 9.86. The zero-order chi connectivity index (χ0) is 14.5. The third-order valence-corrected chi connectivity index (χ3v) is 3.51. The van der Waals surface area contributed by atoms with Gasteiger partial charge in [-0.3, -0.25) is 4.79 Å². The Morgan fingerprint density at radius 3 is 2.32 bits per heavy atom. The zero-order valence-corrected chi connectivity index (χ0v) is 12.5. The summed E-state index contributed by atoms with van der Waals surface area (Å²) < 4.78 is 0. The molecule has 0 aliphatic carbocycles. The molecule has 0 fully saturated rings. The lowest BCUT2D eigenvalue weighted by Gasteiger charge is -2.31. The Morgan fingerprint density at radius 2 is 1.89 bits per heavy atom. The van der Waals surface area contributed by atoms with Gasteiger partial charge in [-0.05, 0) is 36.9 Å².